The molecule has 5 rings (SSSR count). The number of pyridine rings is 2. The topological polar surface area (TPSA) is 99.5 Å². The van der Waals surface area contributed by atoms with E-state index in [0.717, 1.165) is 22.9 Å². The van der Waals surface area contributed by atoms with Crippen LogP contribution in [0.1, 0.15) is 51.7 Å². The third-order valence-electron chi connectivity index (χ3n) is 6.88. The molecule has 0 saturated heterocycles. The summed E-state index contributed by atoms with van der Waals surface area (Å²) in [5.74, 6) is -1.23. The average molecular weight is 464 g/mol. The highest BCUT2D eigenvalue weighted by Crippen LogP contribution is 2.40. The molecule has 1 unspecified atom stereocenters. The van der Waals surface area contributed by atoms with Crippen LogP contribution in [0.3, 0.4) is 0 Å². The minimum Gasteiger partial charge on any atom is -0.457 e. The SMILES string of the molecule is CCC(C)NCC(=O)O[C@]1(CC)C(=O)OCc2c1cc1n(c2=O)Cc2cc3ccccc3nc2-1.[HH]. The Kier molecular flexibility index (Phi) is 5.48. The lowest BCUT2D eigenvalue weighted by atomic mass is 9.85. The number of ether oxygens (including phenoxy) is 2. The number of carbonyl (C=O) groups is 2. The number of fused-ring (bicyclic) bond motifs is 5. The zero-order valence-electron chi connectivity index (χ0n) is 19.5. The van der Waals surface area contributed by atoms with Crippen molar-refractivity contribution in [3.63, 3.8) is 0 Å². The summed E-state index contributed by atoms with van der Waals surface area (Å²) in [5.41, 5.74) is 1.88. The molecule has 34 heavy (non-hydrogen) atoms. The molecule has 0 spiro atoms. The molecule has 0 fully saturated rings. The molecule has 8 heteroatoms. The fourth-order valence-electron chi connectivity index (χ4n) is 4.71. The molecule has 3 aromatic rings. The van der Waals surface area contributed by atoms with Gasteiger partial charge in [0.2, 0.25) is 5.60 Å². The van der Waals surface area contributed by atoms with E-state index in [9.17, 15) is 14.4 Å². The normalized spacial score (nSPS) is 19.2. The van der Waals surface area contributed by atoms with E-state index in [1.807, 2.05) is 44.2 Å². The Labute approximate surface area is 198 Å². The number of hydrogen-bond donors (Lipinski definition) is 1. The van der Waals surface area contributed by atoms with Crippen LogP contribution in [0.15, 0.2) is 41.2 Å². The van der Waals surface area contributed by atoms with E-state index in [1.165, 1.54) is 0 Å². The number of aromatic nitrogens is 2. The zero-order valence-corrected chi connectivity index (χ0v) is 19.5. The Balaban J connectivity index is 0.00000289. The maximum atomic E-state index is 13.5. The third-order valence-corrected chi connectivity index (χ3v) is 6.88. The van der Waals surface area contributed by atoms with E-state index in [1.54, 1.807) is 17.6 Å². The number of para-hydroxylation sites is 1. The van der Waals surface area contributed by atoms with Crippen molar-refractivity contribution in [2.75, 3.05) is 6.54 Å². The number of carbonyl (C=O) groups excluding carboxylic acids is 2. The summed E-state index contributed by atoms with van der Waals surface area (Å²) in [6.07, 6.45) is 0.996. The molecule has 0 saturated carbocycles. The molecule has 0 aliphatic carbocycles. The van der Waals surface area contributed by atoms with Crippen molar-refractivity contribution in [2.24, 2.45) is 0 Å². The van der Waals surface area contributed by atoms with Crippen LogP contribution < -0.4 is 10.9 Å². The van der Waals surface area contributed by atoms with Crippen molar-refractivity contribution >= 4 is 22.8 Å². The number of nitrogens with one attached hydrogen (secondary N) is 1. The first-order valence-electron chi connectivity index (χ1n) is 11.7. The van der Waals surface area contributed by atoms with E-state index in [0.29, 0.717) is 29.1 Å². The smallest absolute Gasteiger partial charge is 0.355 e. The lowest BCUT2D eigenvalue weighted by Gasteiger charge is -2.35. The lowest BCUT2D eigenvalue weighted by molar-refractivity contribution is -0.189. The van der Waals surface area contributed by atoms with Gasteiger partial charge >= 0.3 is 11.9 Å². The Morgan fingerprint density at radius 2 is 2.09 bits per heavy atom. The van der Waals surface area contributed by atoms with Crippen LogP contribution in [0.25, 0.3) is 22.3 Å². The summed E-state index contributed by atoms with van der Waals surface area (Å²) >= 11 is 0. The van der Waals surface area contributed by atoms with Gasteiger partial charge in [0.1, 0.15) is 6.61 Å². The summed E-state index contributed by atoms with van der Waals surface area (Å²) in [7, 11) is 0. The minimum absolute atomic E-state index is 0. The standard InChI is InChI=1S/C26H27N3O5.H2/c1-4-15(3)27-12-22(30)34-26(5-2)19-11-21-23-17(10-16-8-6-7-9-20(16)28-23)13-29(21)24(31)18(19)14-33-25(26)32;/h6-11,15,27H,4-5,12-14H2,1-3H3;1H/t15?,26-;/m0./s1. The van der Waals surface area contributed by atoms with Crippen molar-refractivity contribution in [1.82, 2.24) is 14.9 Å². The number of rotatable bonds is 6. The van der Waals surface area contributed by atoms with Gasteiger partial charge in [-0.3, -0.25) is 9.59 Å². The molecular weight excluding hydrogens is 434 g/mol. The van der Waals surface area contributed by atoms with E-state index in [4.69, 9.17) is 14.5 Å². The molecule has 2 aliphatic heterocycles. The first-order chi connectivity index (χ1) is 16.4. The number of nitrogens with zero attached hydrogens (tertiary/aromatic N) is 2. The van der Waals surface area contributed by atoms with Gasteiger partial charge in [-0.15, -0.1) is 0 Å². The second kappa shape index (κ2) is 8.36. The average Bonchev–Trinajstić information content (AvgIpc) is 3.20. The van der Waals surface area contributed by atoms with E-state index in [2.05, 4.69) is 5.32 Å². The Morgan fingerprint density at radius 1 is 1.29 bits per heavy atom. The number of esters is 2. The van der Waals surface area contributed by atoms with Gasteiger partial charge in [-0.25, -0.2) is 9.78 Å². The second-order valence-corrected chi connectivity index (χ2v) is 8.92. The number of benzene rings is 1. The molecule has 0 amide bonds. The van der Waals surface area contributed by atoms with Crippen LogP contribution >= 0.6 is 0 Å². The van der Waals surface area contributed by atoms with E-state index >= 15 is 0 Å². The Bertz CT molecular complexity index is 1390. The van der Waals surface area contributed by atoms with Gasteiger partial charge in [0.25, 0.3) is 5.56 Å². The summed E-state index contributed by atoms with van der Waals surface area (Å²) in [4.78, 5) is 44.1. The van der Waals surface area contributed by atoms with Crippen LogP contribution in [-0.2, 0) is 37.8 Å². The first kappa shape index (κ1) is 22.3. The zero-order chi connectivity index (χ0) is 24.0. The van der Waals surface area contributed by atoms with Crippen LogP contribution in [0.4, 0.5) is 0 Å². The molecule has 1 aromatic carbocycles. The lowest BCUT2D eigenvalue weighted by Crippen LogP contribution is -2.48. The predicted octanol–water partition coefficient (Wildman–Crippen LogP) is 3.26. The number of cyclic esters (lactones) is 1. The van der Waals surface area contributed by atoms with Gasteiger partial charge in [-0.2, -0.15) is 0 Å². The van der Waals surface area contributed by atoms with Gasteiger partial charge in [0, 0.05) is 24.0 Å². The third kappa shape index (κ3) is 3.40. The molecule has 2 aliphatic rings. The van der Waals surface area contributed by atoms with Crippen LogP contribution in [0.2, 0.25) is 0 Å². The van der Waals surface area contributed by atoms with E-state index in [-0.39, 0.29) is 32.6 Å². The maximum Gasteiger partial charge on any atom is 0.355 e. The van der Waals surface area contributed by atoms with Crippen LogP contribution in [0.5, 0.6) is 0 Å². The van der Waals surface area contributed by atoms with Gasteiger partial charge in [0.15, 0.2) is 0 Å². The minimum atomic E-state index is -1.67. The fraction of sp³-hybridized carbons (Fsp3) is 0.385. The van der Waals surface area contributed by atoms with Gasteiger partial charge in [0.05, 0.1) is 35.6 Å². The quantitative estimate of drug-likeness (QED) is 0.438. The van der Waals surface area contributed by atoms with Crippen LogP contribution in [0, 0.1) is 0 Å². The molecule has 4 heterocycles. The highest BCUT2D eigenvalue weighted by atomic mass is 16.6. The Hall–Kier alpha value is -3.52. The molecule has 8 nitrogen and oxygen atoms in total. The van der Waals surface area contributed by atoms with Crippen LogP contribution in [-0.4, -0.2) is 34.1 Å². The first-order valence-corrected chi connectivity index (χ1v) is 11.7. The van der Waals surface area contributed by atoms with Gasteiger partial charge in [-0.1, -0.05) is 32.0 Å². The maximum absolute atomic E-state index is 13.5. The van der Waals surface area contributed by atoms with Gasteiger partial charge < -0.3 is 19.4 Å². The van der Waals surface area contributed by atoms with Crippen molar-refractivity contribution in [3.05, 3.63) is 63.4 Å². The molecule has 0 bridgehead atoms. The fourth-order valence-corrected chi connectivity index (χ4v) is 4.71. The van der Waals surface area contributed by atoms with Crippen molar-refractivity contribution in [1.29, 1.82) is 0 Å². The summed E-state index contributed by atoms with van der Waals surface area (Å²) in [5, 5.41) is 4.08. The highest BCUT2D eigenvalue weighted by Gasteiger charge is 2.50. The monoisotopic (exact) mass is 463 g/mol. The predicted molar refractivity (Wildman–Crippen MR) is 128 cm³/mol. The van der Waals surface area contributed by atoms with Crippen molar-refractivity contribution in [2.45, 2.75) is 58.4 Å². The van der Waals surface area contributed by atoms with Crippen molar-refractivity contribution in [3.8, 4) is 11.4 Å². The largest absolute Gasteiger partial charge is 0.457 e. The molecule has 1 N–H and O–H groups in total. The molecular formula is C26H29N3O5. The van der Waals surface area contributed by atoms with E-state index < -0.39 is 17.5 Å². The van der Waals surface area contributed by atoms with Crippen molar-refractivity contribution < 1.29 is 20.5 Å². The molecule has 0 radical (unpaired) electrons. The van der Waals surface area contributed by atoms with Gasteiger partial charge in [-0.05, 0) is 38.0 Å². The summed E-state index contributed by atoms with van der Waals surface area (Å²) in [6.45, 7) is 5.92. The molecule has 178 valence electrons. The highest BCUT2D eigenvalue weighted by molar-refractivity contribution is 5.88. The number of hydrogen-bond acceptors (Lipinski definition) is 7. The summed E-state index contributed by atoms with van der Waals surface area (Å²) in [6, 6.07) is 11.7. The summed E-state index contributed by atoms with van der Waals surface area (Å²) < 4.78 is 12.8. The molecule has 2 aromatic heterocycles. The second-order valence-electron chi connectivity index (χ2n) is 8.92. The molecule has 2 atom stereocenters. The Morgan fingerprint density at radius 3 is 2.85 bits per heavy atom.